The van der Waals surface area contributed by atoms with Crippen LogP contribution in [0.5, 0.6) is 0 Å². The highest BCUT2D eigenvalue weighted by atomic mass is 16.5. The Labute approximate surface area is 112 Å². The van der Waals surface area contributed by atoms with Gasteiger partial charge in [0.15, 0.2) is 5.82 Å². The van der Waals surface area contributed by atoms with E-state index < -0.39 is 11.5 Å². The van der Waals surface area contributed by atoms with Crippen molar-refractivity contribution in [1.82, 2.24) is 9.97 Å². The maximum atomic E-state index is 11.1. The van der Waals surface area contributed by atoms with Gasteiger partial charge in [0.05, 0.1) is 5.56 Å². The smallest absolute Gasteiger partial charge is 0.254 e. The summed E-state index contributed by atoms with van der Waals surface area (Å²) in [7, 11) is 1.67. The largest absolute Gasteiger partial charge is 0.383 e. The Bertz CT molecular complexity index is 492. The van der Waals surface area contributed by atoms with Gasteiger partial charge < -0.3 is 16.2 Å². The molecule has 1 aliphatic rings. The van der Waals surface area contributed by atoms with Crippen LogP contribution in [0.15, 0.2) is 6.20 Å². The number of nitrogens with zero attached hydrogens (tertiary/aromatic N) is 2. The van der Waals surface area contributed by atoms with Crippen molar-refractivity contribution in [1.29, 1.82) is 0 Å². The molecule has 1 aromatic rings. The Kier molecular flexibility index (Phi) is 3.71. The minimum absolute atomic E-state index is 0.118. The average Bonchev–Trinajstić information content (AvgIpc) is 2.38. The number of methoxy groups -OCH3 is 1. The molecule has 6 nitrogen and oxygen atoms in total. The van der Waals surface area contributed by atoms with Crippen molar-refractivity contribution in [2.75, 3.05) is 12.8 Å². The van der Waals surface area contributed by atoms with Gasteiger partial charge in [-0.05, 0) is 25.2 Å². The summed E-state index contributed by atoms with van der Waals surface area (Å²) in [6.07, 6.45) is 5.36. The van der Waals surface area contributed by atoms with Gasteiger partial charge in [-0.2, -0.15) is 0 Å². The second-order valence-corrected chi connectivity index (χ2v) is 5.26. The highest BCUT2D eigenvalue weighted by Gasteiger charge is 2.39. The zero-order valence-electron chi connectivity index (χ0n) is 11.3. The van der Waals surface area contributed by atoms with Crippen LogP contribution in [0.25, 0.3) is 0 Å². The zero-order valence-corrected chi connectivity index (χ0v) is 11.3. The van der Waals surface area contributed by atoms with Gasteiger partial charge in [0.25, 0.3) is 5.91 Å². The predicted octanol–water partition coefficient (Wildman–Crippen LogP) is 1.21. The maximum Gasteiger partial charge on any atom is 0.254 e. The molecule has 1 saturated carbocycles. The Morgan fingerprint density at radius 2 is 2.32 bits per heavy atom. The second-order valence-electron chi connectivity index (χ2n) is 5.26. The summed E-state index contributed by atoms with van der Waals surface area (Å²) in [5.74, 6) is 0.595. The van der Waals surface area contributed by atoms with Crippen LogP contribution < -0.4 is 11.5 Å². The summed E-state index contributed by atoms with van der Waals surface area (Å²) in [5, 5.41) is 0. The van der Waals surface area contributed by atoms with Gasteiger partial charge in [0, 0.05) is 13.3 Å². The predicted molar refractivity (Wildman–Crippen MR) is 71.3 cm³/mol. The lowest BCUT2D eigenvalue weighted by Gasteiger charge is -2.37. The molecule has 0 saturated heterocycles. The van der Waals surface area contributed by atoms with Crippen molar-refractivity contribution in [2.24, 2.45) is 11.7 Å². The van der Waals surface area contributed by atoms with Gasteiger partial charge in [-0.15, -0.1) is 0 Å². The third kappa shape index (κ3) is 2.53. The van der Waals surface area contributed by atoms with E-state index in [4.69, 9.17) is 16.2 Å². The highest BCUT2D eigenvalue weighted by molar-refractivity contribution is 5.96. The Hall–Kier alpha value is -1.69. The fraction of sp³-hybridized carbons (Fsp3) is 0.615. The quantitative estimate of drug-likeness (QED) is 0.853. The SMILES string of the molecule is COC1(c2ncc(C(N)=O)c(N)n2)CCCC(C)C1. The third-order valence-electron chi connectivity index (χ3n) is 3.84. The number of primary amides is 1. The topological polar surface area (TPSA) is 104 Å². The van der Waals surface area contributed by atoms with Crippen molar-refractivity contribution in [3.05, 3.63) is 17.6 Å². The van der Waals surface area contributed by atoms with E-state index in [2.05, 4.69) is 16.9 Å². The molecule has 1 amide bonds. The second kappa shape index (κ2) is 5.13. The van der Waals surface area contributed by atoms with Crippen LogP contribution >= 0.6 is 0 Å². The van der Waals surface area contributed by atoms with Gasteiger partial charge in [-0.3, -0.25) is 4.79 Å². The minimum atomic E-state index is -0.618. The molecule has 104 valence electrons. The molecule has 1 aliphatic carbocycles. The van der Waals surface area contributed by atoms with Crippen molar-refractivity contribution in [2.45, 2.75) is 38.2 Å². The fourth-order valence-corrected chi connectivity index (χ4v) is 2.79. The van der Waals surface area contributed by atoms with Gasteiger partial charge in [-0.1, -0.05) is 13.3 Å². The number of nitrogens with two attached hydrogens (primary N) is 2. The molecule has 1 heterocycles. The molecule has 0 spiro atoms. The molecule has 0 radical (unpaired) electrons. The first-order valence-electron chi connectivity index (χ1n) is 6.46. The van der Waals surface area contributed by atoms with Crippen LogP contribution in [-0.2, 0) is 10.3 Å². The van der Waals surface area contributed by atoms with E-state index in [1.165, 1.54) is 12.6 Å². The lowest BCUT2D eigenvalue weighted by atomic mass is 9.78. The first kappa shape index (κ1) is 13.7. The number of carbonyl (C=O) groups is 1. The molecule has 0 bridgehead atoms. The highest BCUT2D eigenvalue weighted by Crippen LogP contribution is 2.41. The summed E-state index contributed by atoms with van der Waals surface area (Å²) in [6, 6.07) is 0. The van der Waals surface area contributed by atoms with Crippen LogP contribution in [0.1, 0.15) is 48.8 Å². The van der Waals surface area contributed by atoms with E-state index in [-0.39, 0.29) is 11.4 Å². The molecular weight excluding hydrogens is 244 g/mol. The Balaban J connectivity index is 2.38. The van der Waals surface area contributed by atoms with Gasteiger partial charge in [0.2, 0.25) is 0 Å². The fourth-order valence-electron chi connectivity index (χ4n) is 2.79. The number of amides is 1. The molecular formula is C13H20N4O2. The van der Waals surface area contributed by atoms with Crippen LogP contribution in [-0.4, -0.2) is 23.0 Å². The van der Waals surface area contributed by atoms with E-state index in [0.717, 1.165) is 19.3 Å². The number of ether oxygens (including phenoxy) is 1. The summed E-state index contributed by atoms with van der Waals surface area (Å²) in [6.45, 7) is 2.19. The van der Waals surface area contributed by atoms with Gasteiger partial charge in [-0.25, -0.2) is 9.97 Å². The Morgan fingerprint density at radius 3 is 2.84 bits per heavy atom. The number of hydrogen-bond acceptors (Lipinski definition) is 5. The first-order valence-corrected chi connectivity index (χ1v) is 6.46. The van der Waals surface area contributed by atoms with Crippen molar-refractivity contribution >= 4 is 11.7 Å². The monoisotopic (exact) mass is 264 g/mol. The molecule has 0 aromatic carbocycles. The summed E-state index contributed by atoms with van der Waals surface area (Å²) >= 11 is 0. The summed E-state index contributed by atoms with van der Waals surface area (Å²) in [4.78, 5) is 19.6. The number of rotatable bonds is 3. The average molecular weight is 264 g/mol. The van der Waals surface area contributed by atoms with E-state index in [1.807, 2.05) is 0 Å². The van der Waals surface area contributed by atoms with Crippen molar-refractivity contribution in [3.8, 4) is 0 Å². The van der Waals surface area contributed by atoms with Gasteiger partial charge >= 0.3 is 0 Å². The molecule has 2 atom stereocenters. The summed E-state index contributed by atoms with van der Waals surface area (Å²) < 4.78 is 5.69. The van der Waals surface area contributed by atoms with Crippen LogP contribution in [0, 0.1) is 5.92 Å². The molecule has 2 unspecified atom stereocenters. The standard InChI is InChI=1S/C13H20N4O2/c1-8-4-3-5-13(6-8,19-2)12-16-7-9(11(15)18)10(14)17-12/h7-8H,3-6H2,1-2H3,(H2,15,18)(H2,14,16,17). The lowest BCUT2D eigenvalue weighted by Crippen LogP contribution is -2.36. The van der Waals surface area contributed by atoms with Crippen LogP contribution in [0.4, 0.5) is 5.82 Å². The molecule has 4 N–H and O–H groups in total. The van der Waals surface area contributed by atoms with Crippen molar-refractivity contribution < 1.29 is 9.53 Å². The number of carbonyl (C=O) groups excluding carboxylic acids is 1. The van der Waals surface area contributed by atoms with Crippen LogP contribution in [0.2, 0.25) is 0 Å². The maximum absolute atomic E-state index is 11.1. The third-order valence-corrected chi connectivity index (χ3v) is 3.84. The molecule has 0 aliphatic heterocycles. The summed E-state index contributed by atoms with van der Waals surface area (Å²) in [5.41, 5.74) is 10.6. The number of hydrogen-bond donors (Lipinski definition) is 2. The van der Waals surface area contributed by atoms with Crippen LogP contribution in [0.3, 0.4) is 0 Å². The number of nitrogen functional groups attached to an aromatic ring is 1. The van der Waals surface area contributed by atoms with Crippen molar-refractivity contribution in [3.63, 3.8) is 0 Å². The number of anilines is 1. The molecule has 19 heavy (non-hydrogen) atoms. The van der Waals surface area contributed by atoms with E-state index in [0.29, 0.717) is 11.7 Å². The van der Waals surface area contributed by atoms with E-state index in [1.54, 1.807) is 7.11 Å². The molecule has 1 aromatic heterocycles. The lowest BCUT2D eigenvalue weighted by molar-refractivity contribution is -0.0645. The molecule has 2 rings (SSSR count). The van der Waals surface area contributed by atoms with E-state index in [9.17, 15) is 4.79 Å². The normalized spacial score (nSPS) is 27.2. The minimum Gasteiger partial charge on any atom is -0.383 e. The molecule has 1 fully saturated rings. The van der Waals surface area contributed by atoms with Gasteiger partial charge in [0.1, 0.15) is 11.4 Å². The number of aromatic nitrogens is 2. The first-order chi connectivity index (χ1) is 8.98. The molecule has 6 heteroatoms. The zero-order chi connectivity index (χ0) is 14.0. The van der Waals surface area contributed by atoms with E-state index >= 15 is 0 Å². The Morgan fingerprint density at radius 1 is 1.58 bits per heavy atom.